The van der Waals surface area contributed by atoms with Crippen molar-refractivity contribution in [2.75, 3.05) is 0 Å². The van der Waals surface area contributed by atoms with Crippen LogP contribution in [-0.2, 0) is 7.05 Å². The highest BCUT2D eigenvalue weighted by atomic mass is 16.3. The van der Waals surface area contributed by atoms with E-state index in [1.807, 2.05) is 30.9 Å². The van der Waals surface area contributed by atoms with Crippen LogP contribution >= 0.6 is 0 Å². The lowest BCUT2D eigenvalue weighted by atomic mass is 10.0. The second-order valence-electron chi connectivity index (χ2n) is 3.47. The summed E-state index contributed by atoms with van der Waals surface area (Å²) < 4.78 is 6.86. The molecule has 0 amide bonds. The molecule has 0 radical (unpaired) electrons. The topological polar surface area (TPSA) is 69.0 Å². The number of aromatic nitrogens is 2. The van der Waals surface area contributed by atoms with Gasteiger partial charge in [-0.2, -0.15) is 5.10 Å². The minimum Gasteiger partial charge on any atom is -0.472 e. The van der Waals surface area contributed by atoms with Crippen molar-refractivity contribution in [3.63, 3.8) is 0 Å². The Kier molecular flexibility index (Phi) is 2.57. The van der Waals surface area contributed by atoms with E-state index in [-0.39, 0.29) is 6.04 Å². The summed E-state index contributed by atoms with van der Waals surface area (Å²) >= 11 is 0. The van der Waals surface area contributed by atoms with Crippen LogP contribution in [0.15, 0.2) is 29.2 Å². The monoisotopic (exact) mass is 206 g/mol. The van der Waals surface area contributed by atoms with Gasteiger partial charge in [0.05, 0.1) is 24.8 Å². The third kappa shape index (κ3) is 1.67. The second-order valence-corrected chi connectivity index (χ2v) is 3.47. The van der Waals surface area contributed by atoms with Crippen molar-refractivity contribution in [2.24, 2.45) is 12.9 Å². The predicted molar refractivity (Wildman–Crippen MR) is 55.8 cm³/mol. The summed E-state index contributed by atoms with van der Waals surface area (Å²) in [6, 6.07) is 1.81. The van der Waals surface area contributed by atoms with Crippen molar-refractivity contribution < 1.29 is 4.42 Å². The summed E-state index contributed by atoms with van der Waals surface area (Å²) in [5.41, 5.74) is 5.90. The number of hydrogen-bond donors (Lipinski definition) is 2. The maximum absolute atomic E-state index is 5.55. The number of nitrogens with zero attached hydrogens (tertiary/aromatic N) is 2. The first-order valence-electron chi connectivity index (χ1n) is 4.70. The highest BCUT2D eigenvalue weighted by molar-refractivity contribution is 5.30. The molecule has 0 aliphatic rings. The van der Waals surface area contributed by atoms with Crippen molar-refractivity contribution in [1.29, 1.82) is 0 Å². The summed E-state index contributed by atoms with van der Waals surface area (Å²) in [4.78, 5) is 0. The van der Waals surface area contributed by atoms with Gasteiger partial charge in [-0.05, 0) is 13.0 Å². The Balaban J connectivity index is 2.40. The van der Waals surface area contributed by atoms with Gasteiger partial charge in [-0.3, -0.25) is 10.5 Å². The van der Waals surface area contributed by atoms with Gasteiger partial charge in [-0.25, -0.2) is 5.43 Å². The minimum atomic E-state index is -0.0718. The largest absolute Gasteiger partial charge is 0.472 e. The van der Waals surface area contributed by atoms with Crippen molar-refractivity contribution in [2.45, 2.75) is 13.0 Å². The molecule has 1 unspecified atom stereocenters. The third-order valence-electron chi connectivity index (χ3n) is 2.63. The molecule has 15 heavy (non-hydrogen) atoms. The Labute approximate surface area is 87.8 Å². The molecule has 5 heteroatoms. The molecule has 3 N–H and O–H groups in total. The molecule has 80 valence electrons. The molecule has 2 aromatic rings. The molecule has 0 aromatic carbocycles. The zero-order valence-corrected chi connectivity index (χ0v) is 8.77. The molecular formula is C10H14N4O. The highest BCUT2D eigenvalue weighted by Gasteiger charge is 2.18. The van der Waals surface area contributed by atoms with Crippen LogP contribution in [0.2, 0.25) is 0 Å². The summed E-state index contributed by atoms with van der Waals surface area (Å²) in [6.07, 6.45) is 5.12. The first kappa shape index (κ1) is 9.95. The van der Waals surface area contributed by atoms with E-state index >= 15 is 0 Å². The lowest BCUT2D eigenvalue weighted by Gasteiger charge is -2.13. The lowest BCUT2D eigenvalue weighted by molar-refractivity contribution is 0.552. The van der Waals surface area contributed by atoms with Crippen LogP contribution in [0.1, 0.15) is 22.9 Å². The number of aryl methyl sites for hydroxylation is 1. The Morgan fingerprint density at radius 3 is 2.87 bits per heavy atom. The van der Waals surface area contributed by atoms with E-state index in [0.717, 1.165) is 16.8 Å². The minimum absolute atomic E-state index is 0.0718. The van der Waals surface area contributed by atoms with Gasteiger partial charge in [-0.15, -0.1) is 0 Å². The summed E-state index contributed by atoms with van der Waals surface area (Å²) in [5, 5.41) is 4.19. The molecule has 0 bridgehead atoms. The standard InChI is InChI=1S/C10H14N4O/c1-7-9(5-12-14(7)2)10(13-11)8-3-4-15-6-8/h3-6,10,13H,11H2,1-2H3. The molecule has 0 saturated carbocycles. The summed E-state index contributed by atoms with van der Waals surface area (Å²) in [5.74, 6) is 5.55. The van der Waals surface area contributed by atoms with Gasteiger partial charge in [0.15, 0.2) is 0 Å². The smallest absolute Gasteiger partial charge is 0.0954 e. The van der Waals surface area contributed by atoms with Crippen molar-refractivity contribution in [3.05, 3.63) is 41.6 Å². The highest BCUT2D eigenvalue weighted by Crippen LogP contribution is 2.23. The fourth-order valence-corrected chi connectivity index (χ4v) is 1.60. The Morgan fingerprint density at radius 1 is 1.60 bits per heavy atom. The molecule has 0 spiro atoms. The van der Waals surface area contributed by atoms with Gasteiger partial charge >= 0.3 is 0 Å². The third-order valence-corrected chi connectivity index (χ3v) is 2.63. The zero-order valence-electron chi connectivity index (χ0n) is 8.77. The zero-order chi connectivity index (χ0) is 10.8. The van der Waals surface area contributed by atoms with Gasteiger partial charge in [0.2, 0.25) is 0 Å². The summed E-state index contributed by atoms with van der Waals surface area (Å²) in [7, 11) is 1.90. The maximum atomic E-state index is 5.55. The second kappa shape index (κ2) is 3.88. The van der Waals surface area contributed by atoms with Crippen LogP contribution in [-0.4, -0.2) is 9.78 Å². The van der Waals surface area contributed by atoms with Crippen molar-refractivity contribution in [1.82, 2.24) is 15.2 Å². The van der Waals surface area contributed by atoms with Gasteiger partial charge in [0.25, 0.3) is 0 Å². The maximum Gasteiger partial charge on any atom is 0.0954 e. The van der Waals surface area contributed by atoms with Gasteiger partial charge in [-0.1, -0.05) is 0 Å². The van der Waals surface area contributed by atoms with E-state index in [1.54, 1.807) is 12.5 Å². The molecule has 0 fully saturated rings. The molecule has 0 aliphatic heterocycles. The molecule has 0 aliphatic carbocycles. The molecule has 2 heterocycles. The van der Waals surface area contributed by atoms with E-state index < -0.39 is 0 Å². The van der Waals surface area contributed by atoms with Gasteiger partial charge in [0.1, 0.15) is 0 Å². The van der Waals surface area contributed by atoms with Crippen molar-refractivity contribution >= 4 is 0 Å². The number of hydrazine groups is 1. The lowest BCUT2D eigenvalue weighted by Crippen LogP contribution is -2.28. The van der Waals surface area contributed by atoms with Gasteiger partial charge < -0.3 is 4.42 Å². The molecule has 5 nitrogen and oxygen atoms in total. The van der Waals surface area contributed by atoms with E-state index in [0.29, 0.717) is 0 Å². The molecule has 0 saturated heterocycles. The van der Waals surface area contributed by atoms with Crippen LogP contribution in [0, 0.1) is 6.92 Å². The van der Waals surface area contributed by atoms with E-state index in [9.17, 15) is 0 Å². The molecular weight excluding hydrogens is 192 g/mol. The number of furan rings is 1. The summed E-state index contributed by atoms with van der Waals surface area (Å²) in [6.45, 7) is 2.01. The van der Waals surface area contributed by atoms with E-state index in [2.05, 4.69) is 10.5 Å². The van der Waals surface area contributed by atoms with Crippen LogP contribution in [0.25, 0.3) is 0 Å². The van der Waals surface area contributed by atoms with Crippen LogP contribution in [0.4, 0.5) is 0 Å². The number of nitrogens with two attached hydrogens (primary N) is 1. The van der Waals surface area contributed by atoms with Crippen LogP contribution in [0.5, 0.6) is 0 Å². The predicted octanol–water partition coefficient (Wildman–Crippen LogP) is 0.874. The van der Waals surface area contributed by atoms with Crippen LogP contribution in [0.3, 0.4) is 0 Å². The first-order valence-corrected chi connectivity index (χ1v) is 4.70. The Hall–Kier alpha value is -1.59. The van der Waals surface area contributed by atoms with E-state index in [4.69, 9.17) is 10.3 Å². The van der Waals surface area contributed by atoms with Gasteiger partial charge in [0, 0.05) is 23.9 Å². The fraction of sp³-hybridized carbons (Fsp3) is 0.300. The molecule has 2 aromatic heterocycles. The number of nitrogens with one attached hydrogen (secondary N) is 1. The average Bonchev–Trinajstić information content (AvgIpc) is 2.84. The number of hydrogen-bond acceptors (Lipinski definition) is 4. The van der Waals surface area contributed by atoms with Crippen molar-refractivity contribution in [3.8, 4) is 0 Å². The Bertz CT molecular complexity index is 432. The normalized spacial score (nSPS) is 13.0. The fourth-order valence-electron chi connectivity index (χ4n) is 1.60. The SMILES string of the molecule is Cc1c(C(NN)c2ccoc2)cnn1C. The Morgan fingerprint density at radius 2 is 2.40 bits per heavy atom. The van der Waals surface area contributed by atoms with Crippen LogP contribution < -0.4 is 11.3 Å². The number of rotatable bonds is 3. The first-order chi connectivity index (χ1) is 7.24. The molecule has 1 atom stereocenters. The average molecular weight is 206 g/mol. The quantitative estimate of drug-likeness (QED) is 0.577. The molecule has 2 rings (SSSR count). The van der Waals surface area contributed by atoms with E-state index in [1.165, 1.54) is 0 Å².